The molecule has 138 valence electrons. The molecule has 7 heteroatoms. The zero-order valence-electron chi connectivity index (χ0n) is 14.3. The van der Waals surface area contributed by atoms with Gasteiger partial charge in [0, 0.05) is 5.69 Å². The molecule has 0 spiro atoms. The average molecular weight is 385 g/mol. The number of carbonyl (C=O) groups excluding carboxylic acids is 1. The molecule has 3 aromatic rings. The molecule has 0 aromatic heterocycles. The minimum Gasteiger partial charge on any atom is -0.465 e. The van der Waals surface area contributed by atoms with Crippen molar-refractivity contribution in [2.45, 2.75) is 4.90 Å². The normalized spacial score (nSPS) is 11.0. The second-order valence-electron chi connectivity index (χ2n) is 5.71. The maximum absolute atomic E-state index is 13.1. The molecule has 0 saturated heterocycles. The SMILES string of the molecule is COC(=O)c1ccc(NS(=O)(=O)c2cccc(-c3ccc(F)cc3)c2)cc1. The summed E-state index contributed by atoms with van der Waals surface area (Å²) < 4.78 is 45.5. The predicted octanol–water partition coefficient (Wildman–Crippen LogP) is 4.08. The first kappa shape index (κ1) is 18.6. The number of ether oxygens (including phenoxy) is 1. The molecule has 1 N–H and O–H groups in total. The molecule has 0 fully saturated rings. The predicted molar refractivity (Wildman–Crippen MR) is 100 cm³/mol. The molecule has 0 atom stereocenters. The van der Waals surface area contributed by atoms with Gasteiger partial charge >= 0.3 is 5.97 Å². The third kappa shape index (κ3) is 4.32. The van der Waals surface area contributed by atoms with Crippen LogP contribution in [0, 0.1) is 5.82 Å². The van der Waals surface area contributed by atoms with E-state index in [2.05, 4.69) is 9.46 Å². The lowest BCUT2D eigenvalue weighted by Gasteiger charge is -2.10. The summed E-state index contributed by atoms with van der Waals surface area (Å²) in [7, 11) is -2.56. The van der Waals surface area contributed by atoms with Gasteiger partial charge in [-0.3, -0.25) is 4.72 Å². The fourth-order valence-corrected chi connectivity index (χ4v) is 3.60. The van der Waals surface area contributed by atoms with E-state index in [1.165, 1.54) is 55.6 Å². The van der Waals surface area contributed by atoms with E-state index >= 15 is 0 Å². The molecule has 0 saturated carbocycles. The van der Waals surface area contributed by atoms with Crippen LogP contribution in [0.5, 0.6) is 0 Å². The van der Waals surface area contributed by atoms with Crippen LogP contribution in [0.4, 0.5) is 10.1 Å². The van der Waals surface area contributed by atoms with E-state index in [0.29, 0.717) is 22.4 Å². The Kier molecular flexibility index (Phi) is 5.23. The fraction of sp³-hybridized carbons (Fsp3) is 0.0500. The Labute approximate surface area is 156 Å². The van der Waals surface area contributed by atoms with Crippen molar-refractivity contribution in [3.63, 3.8) is 0 Å². The Morgan fingerprint density at radius 1 is 0.926 bits per heavy atom. The number of hydrogen-bond acceptors (Lipinski definition) is 4. The van der Waals surface area contributed by atoms with Crippen molar-refractivity contribution >= 4 is 21.7 Å². The van der Waals surface area contributed by atoms with Gasteiger partial charge in [-0.25, -0.2) is 17.6 Å². The second-order valence-corrected chi connectivity index (χ2v) is 7.39. The van der Waals surface area contributed by atoms with E-state index in [-0.39, 0.29) is 10.7 Å². The van der Waals surface area contributed by atoms with Crippen LogP contribution in [-0.2, 0) is 14.8 Å². The second kappa shape index (κ2) is 7.59. The molecule has 0 aliphatic carbocycles. The van der Waals surface area contributed by atoms with Crippen LogP contribution in [0.2, 0.25) is 0 Å². The van der Waals surface area contributed by atoms with Gasteiger partial charge < -0.3 is 4.74 Å². The number of halogens is 1. The van der Waals surface area contributed by atoms with Crippen LogP contribution in [0.25, 0.3) is 11.1 Å². The molecule has 0 bridgehead atoms. The van der Waals surface area contributed by atoms with Gasteiger partial charge in [0.25, 0.3) is 10.0 Å². The minimum atomic E-state index is -3.83. The standard InChI is InChI=1S/C20H16FNO4S/c1-26-20(23)15-7-11-18(12-8-15)22-27(24,25)19-4-2-3-16(13-19)14-5-9-17(21)10-6-14/h2-13,22H,1H3. The topological polar surface area (TPSA) is 72.5 Å². The number of carbonyl (C=O) groups is 1. The van der Waals surface area contributed by atoms with Crippen LogP contribution in [-0.4, -0.2) is 21.5 Å². The third-order valence-electron chi connectivity index (χ3n) is 3.88. The quantitative estimate of drug-likeness (QED) is 0.672. The molecule has 27 heavy (non-hydrogen) atoms. The zero-order valence-corrected chi connectivity index (χ0v) is 15.2. The maximum Gasteiger partial charge on any atom is 0.337 e. The number of anilines is 1. The summed E-state index contributed by atoms with van der Waals surface area (Å²) in [6.07, 6.45) is 0. The highest BCUT2D eigenvalue weighted by Gasteiger charge is 2.15. The number of rotatable bonds is 5. The molecule has 3 aromatic carbocycles. The Morgan fingerprint density at radius 3 is 2.22 bits per heavy atom. The van der Waals surface area contributed by atoms with Gasteiger partial charge in [-0.2, -0.15) is 0 Å². The number of sulfonamides is 1. The van der Waals surface area contributed by atoms with E-state index in [9.17, 15) is 17.6 Å². The first-order valence-corrected chi connectivity index (χ1v) is 9.44. The smallest absolute Gasteiger partial charge is 0.337 e. The van der Waals surface area contributed by atoms with Crippen molar-refractivity contribution in [3.8, 4) is 11.1 Å². The van der Waals surface area contributed by atoms with Crippen molar-refractivity contribution in [3.05, 3.63) is 84.2 Å². The monoisotopic (exact) mass is 385 g/mol. The summed E-state index contributed by atoms with van der Waals surface area (Å²) in [5, 5.41) is 0. The third-order valence-corrected chi connectivity index (χ3v) is 5.26. The maximum atomic E-state index is 13.1. The van der Waals surface area contributed by atoms with E-state index in [1.807, 2.05) is 0 Å². The van der Waals surface area contributed by atoms with E-state index < -0.39 is 16.0 Å². The zero-order chi connectivity index (χ0) is 19.4. The lowest BCUT2D eigenvalue weighted by molar-refractivity contribution is 0.0601. The van der Waals surface area contributed by atoms with Gasteiger partial charge in [0.15, 0.2) is 0 Å². The Bertz CT molecular complexity index is 1060. The Morgan fingerprint density at radius 2 is 1.59 bits per heavy atom. The highest BCUT2D eigenvalue weighted by Crippen LogP contribution is 2.24. The number of nitrogens with one attached hydrogen (secondary N) is 1. The van der Waals surface area contributed by atoms with Crippen LogP contribution in [0.15, 0.2) is 77.7 Å². The highest BCUT2D eigenvalue weighted by molar-refractivity contribution is 7.92. The first-order valence-electron chi connectivity index (χ1n) is 7.96. The highest BCUT2D eigenvalue weighted by atomic mass is 32.2. The summed E-state index contributed by atoms with van der Waals surface area (Å²) in [6, 6.07) is 18.1. The average Bonchev–Trinajstić information content (AvgIpc) is 2.68. The number of hydrogen-bond donors (Lipinski definition) is 1. The Balaban J connectivity index is 1.85. The van der Waals surface area contributed by atoms with Crippen molar-refractivity contribution in [2.75, 3.05) is 11.8 Å². The van der Waals surface area contributed by atoms with Crippen molar-refractivity contribution in [1.29, 1.82) is 0 Å². The molecule has 0 unspecified atom stereocenters. The molecule has 5 nitrogen and oxygen atoms in total. The van der Waals surface area contributed by atoms with Gasteiger partial charge in [0.2, 0.25) is 0 Å². The number of benzene rings is 3. The lowest BCUT2D eigenvalue weighted by Crippen LogP contribution is -2.13. The molecule has 0 aliphatic heterocycles. The van der Waals surface area contributed by atoms with Gasteiger partial charge in [0.1, 0.15) is 5.82 Å². The van der Waals surface area contributed by atoms with E-state index in [4.69, 9.17) is 0 Å². The van der Waals surface area contributed by atoms with Gasteiger partial charge in [-0.1, -0.05) is 24.3 Å². The number of methoxy groups -OCH3 is 1. The van der Waals surface area contributed by atoms with Gasteiger partial charge in [0.05, 0.1) is 17.6 Å². The van der Waals surface area contributed by atoms with Crippen molar-refractivity contribution in [1.82, 2.24) is 0 Å². The number of esters is 1. The molecule has 0 amide bonds. The lowest BCUT2D eigenvalue weighted by atomic mass is 10.1. The molecule has 0 radical (unpaired) electrons. The Hall–Kier alpha value is -3.19. The summed E-state index contributed by atoms with van der Waals surface area (Å²) in [4.78, 5) is 11.5. The minimum absolute atomic E-state index is 0.0707. The van der Waals surface area contributed by atoms with Crippen molar-refractivity contribution in [2.24, 2.45) is 0 Å². The van der Waals surface area contributed by atoms with Gasteiger partial charge in [-0.15, -0.1) is 0 Å². The summed E-state index contributed by atoms with van der Waals surface area (Å²) >= 11 is 0. The summed E-state index contributed by atoms with van der Waals surface area (Å²) in [5.41, 5.74) is 1.99. The van der Waals surface area contributed by atoms with Crippen molar-refractivity contribution < 1.29 is 22.3 Å². The molecular formula is C20H16FNO4S. The summed E-state index contributed by atoms with van der Waals surface area (Å²) in [5.74, 6) is -0.865. The van der Waals surface area contributed by atoms with E-state index in [0.717, 1.165) is 0 Å². The molecular weight excluding hydrogens is 369 g/mol. The van der Waals surface area contributed by atoms with Crippen LogP contribution >= 0.6 is 0 Å². The fourth-order valence-electron chi connectivity index (χ4n) is 2.49. The molecule has 0 heterocycles. The molecule has 3 rings (SSSR count). The van der Waals surface area contributed by atoms with Crippen LogP contribution in [0.1, 0.15) is 10.4 Å². The largest absolute Gasteiger partial charge is 0.465 e. The first-order chi connectivity index (χ1) is 12.9. The van der Waals surface area contributed by atoms with E-state index in [1.54, 1.807) is 24.3 Å². The molecule has 0 aliphatic rings. The van der Waals surface area contributed by atoms with Gasteiger partial charge in [-0.05, 0) is 59.7 Å². The van der Waals surface area contributed by atoms with Crippen LogP contribution in [0.3, 0.4) is 0 Å². The van der Waals surface area contributed by atoms with Crippen LogP contribution < -0.4 is 4.72 Å². The summed E-state index contributed by atoms with van der Waals surface area (Å²) in [6.45, 7) is 0.